The number of hydrogen-bond donors (Lipinski definition) is 1. The molecule has 0 fully saturated rings. The fourth-order valence-electron chi connectivity index (χ4n) is 3.69. The molecule has 0 saturated carbocycles. The van der Waals surface area contributed by atoms with Crippen LogP contribution >= 0.6 is 0 Å². The third-order valence-corrected chi connectivity index (χ3v) is 5.14. The molecule has 0 spiro atoms. The van der Waals surface area contributed by atoms with Gasteiger partial charge in [-0.05, 0) is 42.0 Å². The number of nitrogens with zero attached hydrogens (tertiary/aromatic N) is 1. The highest BCUT2D eigenvalue weighted by Crippen LogP contribution is 2.38. The zero-order chi connectivity index (χ0) is 21.8. The molecular formula is C24H23FN2O4. The molecule has 6 nitrogen and oxygen atoms in total. The van der Waals surface area contributed by atoms with E-state index in [0.717, 1.165) is 11.1 Å². The second-order valence-corrected chi connectivity index (χ2v) is 7.27. The van der Waals surface area contributed by atoms with E-state index in [1.807, 2.05) is 18.2 Å². The number of methoxy groups -OCH3 is 2. The summed E-state index contributed by atoms with van der Waals surface area (Å²) in [6.45, 7) is 0.323. The number of carbonyl (C=O) groups is 1. The maximum atomic E-state index is 14.1. The van der Waals surface area contributed by atoms with E-state index in [2.05, 4.69) is 10.3 Å². The lowest BCUT2D eigenvalue weighted by molar-refractivity contribution is -0.120. The number of ether oxygens (including phenoxy) is 3. The van der Waals surface area contributed by atoms with Crippen LogP contribution in [-0.2, 0) is 17.6 Å². The van der Waals surface area contributed by atoms with E-state index in [4.69, 9.17) is 14.2 Å². The van der Waals surface area contributed by atoms with Crippen LogP contribution in [0, 0.1) is 5.82 Å². The van der Waals surface area contributed by atoms with Gasteiger partial charge in [-0.15, -0.1) is 0 Å². The summed E-state index contributed by atoms with van der Waals surface area (Å²) >= 11 is 0. The van der Waals surface area contributed by atoms with Gasteiger partial charge in [-0.1, -0.05) is 12.1 Å². The van der Waals surface area contributed by atoms with E-state index in [1.54, 1.807) is 38.6 Å². The summed E-state index contributed by atoms with van der Waals surface area (Å²) in [6, 6.07) is 13.8. The molecule has 1 amide bonds. The number of amides is 1. The average Bonchev–Trinajstić information content (AvgIpc) is 3.20. The largest absolute Gasteiger partial charge is 0.493 e. The van der Waals surface area contributed by atoms with Crippen LogP contribution in [-0.4, -0.2) is 37.8 Å². The van der Waals surface area contributed by atoms with E-state index >= 15 is 0 Å². The molecule has 7 heteroatoms. The van der Waals surface area contributed by atoms with Crippen LogP contribution in [0.3, 0.4) is 0 Å². The number of benzene rings is 2. The van der Waals surface area contributed by atoms with Gasteiger partial charge in [0.2, 0.25) is 5.91 Å². The third-order valence-electron chi connectivity index (χ3n) is 5.14. The SMILES string of the molecule is COc1ccc(CC(=O)NC[C@H]2Cc3cc(F)cc(-c4ccccn4)c3O2)cc1OC. The number of pyridine rings is 1. The number of aromatic nitrogens is 1. The molecule has 1 aromatic heterocycles. The Bertz CT molecular complexity index is 1090. The lowest BCUT2D eigenvalue weighted by Crippen LogP contribution is -2.35. The average molecular weight is 422 g/mol. The Morgan fingerprint density at radius 1 is 1.16 bits per heavy atom. The van der Waals surface area contributed by atoms with Crippen LogP contribution < -0.4 is 19.5 Å². The molecule has 4 rings (SSSR count). The monoisotopic (exact) mass is 422 g/mol. The summed E-state index contributed by atoms with van der Waals surface area (Å²) in [6.07, 6.45) is 2.11. The fraction of sp³-hybridized carbons (Fsp3) is 0.250. The predicted molar refractivity (Wildman–Crippen MR) is 114 cm³/mol. The topological polar surface area (TPSA) is 69.7 Å². The van der Waals surface area contributed by atoms with Crippen LogP contribution in [0.2, 0.25) is 0 Å². The maximum Gasteiger partial charge on any atom is 0.224 e. The van der Waals surface area contributed by atoms with Crippen LogP contribution in [0.25, 0.3) is 11.3 Å². The molecule has 0 radical (unpaired) electrons. The summed E-state index contributed by atoms with van der Waals surface area (Å²) in [5.74, 6) is 1.34. The number of rotatable bonds is 7. The molecule has 0 aliphatic carbocycles. The zero-order valence-corrected chi connectivity index (χ0v) is 17.4. The zero-order valence-electron chi connectivity index (χ0n) is 17.4. The van der Waals surface area contributed by atoms with Gasteiger partial charge in [0.25, 0.3) is 0 Å². The minimum Gasteiger partial charge on any atom is -0.493 e. The van der Waals surface area contributed by atoms with E-state index in [-0.39, 0.29) is 24.2 Å². The Hall–Kier alpha value is -3.61. The van der Waals surface area contributed by atoms with Crippen molar-refractivity contribution in [1.82, 2.24) is 10.3 Å². The first-order chi connectivity index (χ1) is 15.1. The second-order valence-electron chi connectivity index (χ2n) is 7.27. The van der Waals surface area contributed by atoms with Crippen molar-refractivity contribution in [3.63, 3.8) is 0 Å². The second kappa shape index (κ2) is 9.04. The molecule has 0 saturated heterocycles. The Kier molecular flexibility index (Phi) is 6.02. The van der Waals surface area contributed by atoms with E-state index in [1.165, 1.54) is 12.1 Å². The quantitative estimate of drug-likeness (QED) is 0.631. The molecule has 1 aliphatic rings. The van der Waals surface area contributed by atoms with Crippen molar-refractivity contribution in [3.05, 3.63) is 71.7 Å². The van der Waals surface area contributed by atoms with Gasteiger partial charge in [0.05, 0.1) is 32.9 Å². The van der Waals surface area contributed by atoms with Gasteiger partial charge < -0.3 is 19.5 Å². The van der Waals surface area contributed by atoms with Gasteiger partial charge in [-0.25, -0.2) is 4.39 Å². The van der Waals surface area contributed by atoms with Gasteiger partial charge in [0, 0.05) is 23.7 Å². The van der Waals surface area contributed by atoms with Crippen LogP contribution in [0.1, 0.15) is 11.1 Å². The lowest BCUT2D eigenvalue weighted by atomic mass is 10.0. The smallest absolute Gasteiger partial charge is 0.224 e. The van der Waals surface area contributed by atoms with Crippen LogP contribution in [0.15, 0.2) is 54.7 Å². The highest BCUT2D eigenvalue weighted by Gasteiger charge is 2.27. The highest BCUT2D eigenvalue weighted by molar-refractivity contribution is 5.79. The molecule has 31 heavy (non-hydrogen) atoms. The predicted octanol–water partition coefficient (Wildman–Crippen LogP) is 3.57. The molecule has 1 aliphatic heterocycles. The summed E-state index contributed by atoms with van der Waals surface area (Å²) in [7, 11) is 3.12. The molecule has 0 unspecified atom stereocenters. The Morgan fingerprint density at radius 2 is 2.00 bits per heavy atom. The highest BCUT2D eigenvalue weighted by atomic mass is 19.1. The molecule has 2 heterocycles. The lowest BCUT2D eigenvalue weighted by Gasteiger charge is -2.14. The van der Waals surface area contributed by atoms with Gasteiger partial charge in [-0.2, -0.15) is 0 Å². The van der Waals surface area contributed by atoms with Crippen LogP contribution in [0.4, 0.5) is 4.39 Å². The standard InChI is InChI=1S/C24H23FN2O4/c1-29-21-7-6-15(9-22(21)30-2)10-23(28)27-14-18-12-16-11-17(25)13-19(24(16)31-18)20-5-3-4-8-26-20/h3-9,11,13,18H,10,12,14H2,1-2H3,(H,27,28)/t18-/m1/s1. The number of halogens is 1. The first kappa shape index (κ1) is 20.7. The van der Waals surface area contributed by atoms with Gasteiger partial charge in [0.1, 0.15) is 17.7 Å². The number of nitrogens with one attached hydrogen (secondary N) is 1. The minimum absolute atomic E-state index is 0.136. The summed E-state index contributed by atoms with van der Waals surface area (Å²) < 4.78 is 30.7. The maximum absolute atomic E-state index is 14.1. The van der Waals surface area contributed by atoms with Gasteiger partial charge in [0.15, 0.2) is 11.5 Å². The normalized spacial score (nSPS) is 14.5. The number of carbonyl (C=O) groups excluding carboxylic acids is 1. The summed E-state index contributed by atoms with van der Waals surface area (Å²) in [4.78, 5) is 16.7. The van der Waals surface area contributed by atoms with Crippen molar-refractivity contribution in [3.8, 4) is 28.5 Å². The summed E-state index contributed by atoms with van der Waals surface area (Å²) in [5, 5.41) is 2.90. The van der Waals surface area contributed by atoms with E-state index in [9.17, 15) is 9.18 Å². The van der Waals surface area contributed by atoms with Crippen LogP contribution in [0.5, 0.6) is 17.2 Å². The molecule has 160 valence electrons. The Labute approximate surface area is 180 Å². The third kappa shape index (κ3) is 4.60. The number of hydrogen-bond acceptors (Lipinski definition) is 5. The van der Waals surface area contributed by atoms with E-state index in [0.29, 0.717) is 41.5 Å². The Balaban J connectivity index is 1.39. The van der Waals surface area contributed by atoms with Gasteiger partial charge in [-0.3, -0.25) is 9.78 Å². The summed E-state index contributed by atoms with van der Waals surface area (Å²) in [5.41, 5.74) is 2.86. The molecule has 1 N–H and O–H groups in total. The van der Waals surface area contributed by atoms with Crippen molar-refractivity contribution < 1.29 is 23.4 Å². The molecule has 0 bridgehead atoms. The van der Waals surface area contributed by atoms with Gasteiger partial charge >= 0.3 is 0 Å². The van der Waals surface area contributed by atoms with E-state index < -0.39 is 0 Å². The molecule has 3 aromatic rings. The molecular weight excluding hydrogens is 399 g/mol. The van der Waals surface area contributed by atoms with Crippen molar-refractivity contribution in [1.29, 1.82) is 0 Å². The van der Waals surface area contributed by atoms with Crippen molar-refractivity contribution in [2.24, 2.45) is 0 Å². The first-order valence-electron chi connectivity index (χ1n) is 9.95. The van der Waals surface area contributed by atoms with Crippen molar-refractivity contribution >= 4 is 5.91 Å². The minimum atomic E-state index is -0.332. The molecule has 1 atom stereocenters. The Morgan fingerprint density at radius 3 is 2.74 bits per heavy atom. The first-order valence-corrected chi connectivity index (χ1v) is 9.95. The van der Waals surface area contributed by atoms with Crippen molar-refractivity contribution in [2.75, 3.05) is 20.8 Å². The number of fused-ring (bicyclic) bond motifs is 1. The molecule has 2 aromatic carbocycles. The fourth-order valence-corrected chi connectivity index (χ4v) is 3.69. The van der Waals surface area contributed by atoms with Crippen molar-refractivity contribution in [2.45, 2.75) is 18.9 Å².